The van der Waals surface area contributed by atoms with Crippen molar-refractivity contribution in [1.29, 1.82) is 0 Å². The summed E-state index contributed by atoms with van der Waals surface area (Å²) in [7, 11) is -3.63. The fourth-order valence-electron chi connectivity index (χ4n) is 3.80. The van der Waals surface area contributed by atoms with Crippen LogP contribution in [0.5, 0.6) is 0 Å². The van der Waals surface area contributed by atoms with E-state index in [0.29, 0.717) is 25.8 Å². The Hall–Kier alpha value is -1.70. The van der Waals surface area contributed by atoms with E-state index in [-0.39, 0.29) is 10.3 Å². The molecule has 2 atom stereocenters. The molecule has 1 saturated heterocycles. The van der Waals surface area contributed by atoms with Crippen LogP contribution in [-0.2, 0) is 32.4 Å². The molecule has 0 bridgehead atoms. The van der Waals surface area contributed by atoms with Gasteiger partial charge in [0.25, 0.3) is 10.0 Å². The van der Waals surface area contributed by atoms with Crippen LogP contribution in [0.1, 0.15) is 30.4 Å². The largest absolute Gasteiger partial charge is 0.461 e. The van der Waals surface area contributed by atoms with Crippen LogP contribution < -0.4 is 0 Å². The molecule has 1 aromatic carbocycles. The number of carbonyl (C=O) groups is 1. The molecule has 2 aliphatic rings. The maximum Gasteiger partial charge on any atom is 0.324 e. The molecule has 0 N–H and O–H groups in total. The topological polar surface area (TPSA) is 63.7 Å². The Balaban J connectivity index is 1.46. The molecule has 26 heavy (non-hydrogen) atoms. The Labute approximate surface area is 157 Å². The molecular formula is C19H21NO4S2. The van der Waals surface area contributed by atoms with Gasteiger partial charge in [-0.1, -0.05) is 30.3 Å². The van der Waals surface area contributed by atoms with Gasteiger partial charge in [0.2, 0.25) is 0 Å². The molecule has 0 radical (unpaired) electrons. The maximum absolute atomic E-state index is 12.8. The Morgan fingerprint density at radius 1 is 1.12 bits per heavy atom. The SMILES string of the molecule is O=C(OC1CCc2ccccc2C1)C1CCCN1S(=O)(=O)c1cccs1. The third-order valence-electron chi connectivity index (χ3n) is 5.12. The molecular weight excluding hydrogens is 370 g/mol. The molecule has 0 amide bonds. The van der Waals surface area contributed by atoms with Crippen molar-refractivity contribution in [2.24, 2.45) is 0 Å². The minimum atomic E-state index is -3.63. The molecule has 5 nitrogen and oxygen atoms in total. The quantitative estimate of drug-likeness (QED) is 0.752. The van der Waals surface area contributed by atoms with Crippen LogP contribution in [0.4, 0.5) is 0 Å². The summed E-state index contributed by atoms with van der Waals surface area (Å²) in [5, 5.41) is 1.73. The van der Waals surface area contributed by atoms with Crippen molar-refractivity contribution in [3.8, 4) is 0 Å². The van der Waals surface area contributed by atoms with Crippen LogP contribution in [0, 0.1) is 0 Å². The van der Waals surface area contributed by atoms with Gasteiger partial charge in [-0.05, 0) is 48.3 Å². The van der Waals surface area contributed by atoms with Crippen molar-refractivity contribution >= 4 is 27.3 Å². The number of thiophene rings is 1. The number of carbonyl (C=O) groups excluding carboxylic acids is 1. The molecule has 1 aliphatic heterocycles. The van der Waals surface area contributed by atoms with Crippen LogP contribution in [0.2, 0.25) is 0 Å². The molecule has 138 valence electrons. The number of aryl methyl sites for hydroxylation is 1. The van der Waals surface area contributed by atoms with Gasteiger partial charge in [-0.25, -0.2) is 8.42 Å². The van der Waals surface area contributed by atoms with Crippen molar-refractivity contribution in [2.45, 2.75) is 48.5 Å². The monoisotopic (exact) mass is 391 g/mol. The highest BCUT2D eigenvalue weighted by atomic mass is 32.2. The van der Waals surface area contributed by atoms with Gasteiger partial charge in [0.1, 0.15) is 16.4 Å². The normalized spacial score (nSPS) is 23.5. The second-order valence-corrected chi connectivity index (χ2v) is 9.84. The van der Waals surface area contributed by atoms with Gasteiger partial charge in [-0.15, -0.1) is 11.3 Å². The smallest absolute Gasteiger partial charge is 0.324 e. The second-order valence-electron chi connectivity index (χ2n) is 6.78. The van der Waals surface area contributed by atoms with E-state index in [1.165, 1.54) is 26.8 Å². The summed E-state index contributed by atoms with van der Waals surface area (Å²) in [5.41, 5.74) is 2.52. The van der Waals surface area contributed by atoms with Gasteiger partial charge >= 0.3 is 5.97 Å². The molecule has 4 rings (SSSR count). The standard InChI is InChI=1S/C19H21NO4S2/c21-19(24-16-10-9-14-5-1-2-6-15(14)13-16)17-7-3-11-20(17)26(22,23)18-8-4-12-25-18/h1-2,4-6,8,12,16-17H,3,7,9-11,13H2. The van der Waals surface area contributed by atoms with E-state index in [2.05, 4.69) is 12.1 Å². The molecule has 0 saturated carbocycles. The number of esters is 1. The summed E-state index contributed by atoms with van der Waals surface area (Å²) in [4.78, 5) is 12.7. The maximum atomic E-state index is 12.8. The lowest BCUT2D eigenvalue weighted by molar-refractivity contribution is -0.153. The highest BCUT2D eigenvalue weighted by Crippen LogP contribution is 2.30. The summed E-state index contributed by atoms with van der Waals surface area (Å²) in [5.74, 6) is -0.410. The molecule has 2 unspecified atom stereocenters. The first kappa shape index (κ1) is 17.7. The predicted molar refractivity (Wildman–Crippen MR) is 99.6 cm³/mol. The van der Waals surface area contributed by atoms with Gasteiger partial charge in [0.05, 0.1) is 0 Å². The Morgan fingerprint density at radius 3 is 2.69 bits per heavy atom. The van der Waals surface area contributed by atoms with E-state index in [9.17, 15) is 13.2 Å². The van der Waals surface area contributed by atoms with Crippen LogP contribution in [0.15, 0.2) is 46.0 Å². The zero-order chi connectivity index (χ0) is 18.1. The first-order chi connectivity index (χ1) is 12.6. The first-order valence-electron chi connectivity index (χ1n) is 8.88. The Morgan fingerprint density at radius 2 is 1.92 bits per heavy atom. The summed E-state index contributed by atoms with van der Waals surface area (Å²) < 4.78 is 32.9. The van der Waals surface area contributed by atoms with Gasteiger partial charge < -0.3 is 4.74 Å². The number of ether oxygens (including phenoxy) is 1. The van der Waals surface area contributed by atoms with Crippen molar-refractivity contribution in [1.82, 2.24) is 4.31 Å². The zero-order valence-corrected chi connectivity index (χ0v) is 16.0. The van der Waals surface area contributed by atoms with Crippen LogP contribution in [0.25, 0.3) is 0 Å². The fourth-order valence-corrected chi connectivity index (χ4v) is 6.56. The highest BCUT2D eigenvalue weighted by molar-refractivity contribution is 7.91. The average Bonchev–Trinajstić information content (AvgIpc) is 3.33. The fraction of sp³-hybridized carbons (Fsp3) is 0.421. The number of hydrogen-bond acceptors (Lipinski definition) is 5. The molecule has 7 heteroatoms. The molecule has 2 aromatic rings. The van der Waals surface area contributed by atoms with Gasteiger partial charge in [-0.2, -0.15) is 4.31 Å². The number of sulfonamides is 1. The lowest BCUT2D eigenvalue weighted by Gasteiger charge is -2.28. The van der Waals surface area contributed by atoms with Gasteiger partial charge in [0.15, 0.2) is 0 Å². The van der Waals surface area contributed by atoms with Crippen molar-refractivity contribution < 1.29 is 17.9 Å². The Kier molecular flexibility index (Phi) is 4.86. The summed E-state index contributed by atoms with van der Waals surface area (Å²) >= 11 is 1.18. The third-order valence-corrected chi connectivity index (χ3v) is 8.40. The number of hydrogen-bond donors (Lipinski definition) is 0. The summed E-state index contributed by atoms with van der Waals surface area (Å²) in [6.07, 6.45) is 3.39. The molecule has 1 fully saturated rings. The van der Waals surface area contributed by atoms with Crippen molar-refractivity contribution in [3.63, 3.8) is 0 Å². The van der Waals surface area contributed by atoms with Crippen LogP contribution in [-0.4, -0.2) is 37.4 Å². The predicted octanol–water partition coefficient (Wildman–Crippen LogP) is 3.00. The van der Waals surface area contributed by atoms with Crippen molar-refractivity contribution in [3.05, 3.63) is 52.9 Å². The Bertz CT molecular complexity index is 892. The van der Waals surface area contributed by atoms with E-state index in [4.69, 9.17) is 4.74 Å². The van der Waals surface area contributed by atoms with Gasteiger partial charge in [-0.3, -0.25) is 4.79 Å². The van der Waals surface area contributed by atoms with Gasteiger partial charge in [0, 0.05) is 13.0 Å². The minimum absolute atomic E-state index is 0.177. The highest BCUT2D eigenvalue weighted by Gasteiger charge is 2.41. The van der Waals surface area contributed by atoms with E-state index in [0.717, 1.165) is 12.8 Å². The van der Waals surface area contributed by atoms with Crippen LogP contribution >= 0.6 is 11.3 Å². The third kappa shape index (κ3) is 3.31. The molecule has 0 spiro atoms. The summed E-state index contributed by atoms with van der Waals surface area (Å²) in [6, 6.07) is 10.8. The lowest BCUT2D eigenvalue weighted by Crippen LogP contribution is -2.42. The molecule has 1 aliphatic carbocycles. The molecule has 1 aromatic heterocycles. The van der Waals surface area contributed by atoms with E-state index in [1.807, 2.05) is 12.1 Å². The zero-order valence-electron chi connectivity index (χ0n) is 14.3. The average molecular weight is 392 g/mol. The number of fused-ring (bicyclic) bond motifs is 1. The minimum Gasteiger partial charge on any atom is -0.461 e. The number of rotatable bonds is 4. The van der Waals surface area contributed by atoms with E-state index >= 15 is 0 Å². The second kappa shape index (κ2) is 7.13. The van der Waals surface area contributed by atoms with Crippen LogP contribution in [0.3, 0.4) is 0 Å². The number of benzene rings is 1. The van der Waals surface area contributed by atoms with E-state index in [1.54, 1.807) is 17.5 Å². The first-order valence-corrected chi connectivity index (χ1v) is 11.2. The van der Waals surface area contributed by atoms with E-state index < -0.39 is 22.0 Å². The lowest BCUT2D eigenvalue weighted by atomic mass is 9.90. The molecule has 2 heterocycles. The number of nitrogens with zero attached hydrogens (tertiary/aromatic N) is 1. The van der Waals surface area contributed by atoms with Crippen molar-refractivity contribution in [2.75, 3.05) is 6.54 Å². The summed E-state index contributed by atoms with van der Waals surface area (Å²) in [6.45, 7) is 0.369.